The van der Waals surface area contributed by atoms with Crippen molar-refractivity contribution in [1.82, 2.24) is 4.90 Å². The second kappa shape index (κ2) is 8.75. The number of aliphatic hydroxyl groups is 1. The molecule has 0 spiro atoms. The van der Waals surface area contributed by atoms with Gasteiger partial charge in [-0.05, 0) is 42.7 Å². The van der Waals surface area contributed by atoms with Gasteiger partial charge in [0.25, 0.3) is 0 Å². The number of ether oxygens (including phenoxy) is 1. The molecule has 4 heteroatoms. The van der Waals surface area contributed by atoms with Crippen molar-refractivity contribution in [1.29, 1.82) is 0 Å². The number of hydrogen-bond acceptors (Lipinski definition) is 4. The summed E-state index contributed by atoms with van der Waals surface area (Å²) in [7, 11) is 0. The van der Waals surface area contributed by atoms with Crippen LogP contribution in [0.5, 0.6) is 5.75 Å². The fourth-order valence-electron chi connectivity index (χ4n) is 2.50. The van der Waals surface area contributed by atoms with Crippen molar-refractivity contribution in [2.24, 2.45) is 5.92 Å². The van der Waals surface area contributed by atoms with E-state index in [-0.39, 0.29) is 6.61 Å². The molecule has 0 fully saturated rings. The zero-order valence-electron chi connectivity index (χ0n) is 14.2. The Labute approximate surface area is 138 Å². The number of nitrogens with zero attached hydrogens (tertiary/aromatic N) is 1. The molecule has 0 aliphatic heterocycles. The molecule has 2 rings (SSSR count). The molecule has 0 radical (unpaired) electrons. The number of aliphatic hydroxyl groups excluding tert-OH is 1. The van der Waals surface area contributed by atoms with Crippen LogP contribution in [0.3, 0.4) is 0 Å². The molecule has 23 heavy (non-hydrogen) atoms. The van der Waals surface area contributed by atoms with Crippen LogP contribution < -0.4 is 4.74 Å². The third kappa shape index (κ3) is 5.41. The third-order valence-electron chi connectivity index (χ3n) is 4.12. The first-order chi connectivity index (χ1) is 11.1. The monoisotopic (exact) mass is 317 g/mol. The van der Waals surface area contributed by atoms with E-state index in [1.54, 1.807) is 6.26 Å². The summed E-state index contributed by atoms with van der Waals surface area (Å²) in [5.41, 5.74) is 1.19. The Balaban J connectivity index is 2.10. The van der Waals surface area contributed by atoms with Crippen molar-refractivity contribution in [3.05, 3.63) is 54.0 Å². The van der Waals surface area contributed by atoms with Gasteiger partial charge in [0.2, 0.25) is 0 Å². The zero-order valence-corrected chi connectivity index (χ0v) is 14.2. The predicted octanol–water partition coefficient (Wildman–Crippen LogP) is 3.70. The van der Waals surface area contributed by atoms with Crippen LogP contribution in [-0.2, 0) is 13.1 Å². The fraction of sp³-hybridized carbons (Fsp3) is 0.474. The minimum Gasteiger partial charge on any atom is -0.491 e. The molecule has 1 heterocycles. The van der Waals surface area contributed by atoms with Crippen LogP contribution in [0.4, 0.5) is 0 Å². The quantitative estimate of drug-likeness (QED) is 0.766. The van der Waals surface area contributed by atoms with Crippen LogP contribution in [0, 0.1) is 5.92 Å². The summed E-state index contributed by atoms with van der Waals surface area (Å²) in [6.07, 6.45) is 1.72. The summed E-state index contributed by atoms with van der Waals surface area (Å²) in [5, 5.41) is 8.88. The second-order valence-corrected chi connectivity index (χ2v) is 6.19. The van der Waals surface area contributed by atoms with E-state index in [9.17, 15) is 0 Å². The molecule has 126 valence electrons. The first-order valence-electron chi connectivity index (χ1n) is 8.19. The SMILES string of the molecule is CC(C)[C@@H](C)N(Cc1cccc(OCCO)c1)Cc1ccco1. The van der Waals surface area contributed by atoms with Gasteiger partial charge < -0.3 is 14.3 Å². The molecule has 4 nitrogen and oxygen atoms in total. The van der Waals surface area contributed by atoms with Crippen LogP contribution in [0.25, 0.3) is 0 Å². The molecular weight excluding hydrogens is 290 g/mol. The standard InChI is InChI=1S/C19H27NO3/c1-15(2)16(3)20(14-19-8-5-10-22-19)13-17-6-4-7-18(12-17)23-11-9-21/h4-8,10,12,15-16,21H,9,11,13-14H2,1-3H3/t16-/m1/s1. The van der Waals surface area contributed by atoms with Gasteiger partial charge in [0.1, 0.15) is 18.1 Å². The lowest BCUT2D eigenvalue weighted by atomic mass is 10.0. The Kier molecular flexibility index (Phi) is 6.68. The highest BCUT2D eigenvalue weighted by Crippen LogP contribution is 2.20. The van der Waals surface area contributed by atoms with Crippen LogP contribution in [0.15, 0.2) is 47.1 Å². The van der Waals surface area contributed by atoms with E-state index in [4.69, 9.17) is 14.3 Å². The molecule has 1 atom stereocenters. The van der Waals surface area contributed by atoms with E-state index in [1.807, 2.05) is 30.3 Å². The molecule has 1 aromatic carbocycles. The smallest absolute Gasteiger partial charge is 0.119 e. The topological polar surface area (TPSA) is 45.8 Å². The molecule has 2 aromatic rings. The minimum absolute atomic E-state index is 0.0270. The maximum Gasteiger partial charge on any atom is 0.119 e. The van der Waals surface area contributed by atoms with Gasteiger partial charge in [0, 0.05) is 12.6 Å². The Morgan fingerprint density at radius 3 is 2.61 bits per heavy atom. The molecule has 0 saturated carbocycles. The Morgan fingerprint density at radius 1 is 1.13 bits per heavy atom. The van der Waals surface area contributed by atoms with Gasteiger partial charge in [-0.1, -0.05) is 26.0 Å². The van der Waals surface area contributed by atoms with Crippen molar-refractivity contribution in [3.63, 3.8) is 0 Å². The number of rotatable bonds is 9. The Hall–Kier alpha value is -1.78. The maximum absolute atomic E-state index is 8.88. The number of benzene rings is 1. The molecule has 0 aliphatic carbocycles. The van der Waals surface area contributed by atoms with Crippen LogP contribution in [-0.4, -0.2) is 29.3 Å². The van der Waals surface area contributed by atoms with Gasteiger partial charge in [-0.2, -0.15) is 0 Å². The molecule has 0 bridgehead atoms. The van der Waals surface area contributed by atoms with Crippen LogP contribution in [0.1, 0.15) is 32.1 Å². The summed E-state index contributed by atoms with van der Waals surface area (Å²) in [5.74, 6) is 2.33. The van der Waals surface area contributed by atoms with Crippen molar-refractivity contribution >= 4 is 0 Å². The summed E-state index contributed by atoms with van der Waals surface area (Å²) in [6, 6.07) is 12.4. The number of hydrogen-bond donors (Lipinski definition) is 1. The van der Waals surface area contributed by atoms with Crippen molar-refractivity contribution < 1.29 is 14.3 Å². The van der Waals surface area contributed by atoms with Gasteiger partial charge in [-0.3, -0.25) is 4.90 Å². The summed E-state index contributed by atoms with van der Waals surface area (Å²) in [6.45, 7) is 8.69. The Morgan fingerprint density at radius 2 is 1.96 bits per heavy atom. The summed E-state index contributed by atoms with van der Waals surface area (Å²) < 4.78 is 11.0. The van der Waals surface area contributed by atoms with Crippen LogP contribution >= 0.6 is 0 Å². The molecule has 0 unspecified atom stereocenters. The minimum atomic E-state index is 0.0270. The zero-order chi connectivity index (χ0) is 16.7. The molecule has 0 saturated heterocycles. The predicted molar refractivity (Wildman–Crippen MR) is 91.3 cm³/mol. The first-order valence-corrected chi connectivity index (χ1v) is 8.19. The lowest BCUT2D eigenvalue weighted by Gasteiger charge is -2.31. The first kappa shape index (κ1) is 17.6. The highest BCUT2D eigenvalue weighted by molar-refractivity contribution is 5.28. The molecule has 1 N–H and O–H groups in total. The molecular formula is C19H27NO3. The summed E-state index contributed by atoms with van der Waals surface area (Å²) in [4.78, 5) is 2.41. The van der Waals surface area contributed by atoms with Gasteiger partial charge in [-0.25, -0.2) is 0 Å². The number of furan rings is 1. The average Bonchev–Trinajstić information content (AvgIpc) is 3.05. The van der Waals surface area contributed by atoms with Gasteiger partial charge in [0.15, 0.2) is 0 Å². The maximum atomic E-state index is 8.88. The molecule has 0 aliphatic rings. The third-order valence-corrected chi connectivity index (χ3v) is 4.12. The van der Waals surface area contributed by atoms with E-state index in [0.29, 0.717) is 18.6 Å². The van der Waals surface area contributed by atoms with E-state index in [2.05, 4.69) is 31.7 Å². The van der Waals surface area contributed by atoms with E-state index in [0.717, 1.165) is 24.6 Å². The van der Waals surface area contributed by atoms with Crippen molar-refractivity contribution in [2.75, 3.05) is 13.2 Å². The van der Waals surface area contributed by atoms with E-state index >= 15 is 0 Å². The lowest BCUT2D eigenvalue weighted by molar-refractivity contribution is 0.140. The fourth-order valence-corrected chi connectivity index (χ4v) is 2.50. The van der Waals surface area contributed by atoms with Crippen molar-refractivity contribution in [2.45, 2.75) is 39.9 Å². The highest BCUT2D eigenvalue weighted by atomic mass is 16.5. The average molecular weight is 317 g/mol. The summed E-state index contributed by atoms with van der Waals surface area (Å²) >= 11 is 0. The largest absolute Gasteiger partial charge is 0.491 e. The lowest BCUT2D eigenvalue weighted by Crippen LogP contribution is -2.35. The molecule has 0 amide bonds. The highest BCUT2D eigenvalue weighted by Gasteiger charge is 2.19. The van der Waals surface area contributed by atoms with Crippen LogP contribution in [0.2, 0.25) is 0 Å². The van der Waals surface area contributed by atoms with Gasteiger partial charge >= 0.3 is 0 Å². The van der Waals surface area contributed by atoms with E-state index in [1.165, 1.54) is 5.56 Å². The Bertz CT molecular complexity index is 566. The van der Waals surface area contributed by atoms with Crippen molar-refractivity contribution in [3.8, 4) is 5.75 Å². The normalized spacial score (nSPS) is 12.8. The van der Waals surface area contributed by atoms with Gasteiger partial charge in [-0.15, -0.1) is 0 Å². The van der Waals surface area contributed by atoms with Gasteiger partial charge in [0.05, 0.1) is 19.4 Å². The van der Waals surface area contributed by atoms with E-state index < -0.39 is 0 Å². The second-order valence-electron chi connectivity index (χ2n) is 6.19. The molecule has 1 aromatic heterocycles.